The van der Waals surface area contributed by atoms with E-state index in [1.807, 2.05) is 17.8 Å². The van der Waals surface area contributed by atoms with Crippen LogP contribution in [0.3, 0.4) is 0 Å². The van der Waals surface area contributed by atoms with Gasteiger partial charge in [-0.2, -0.15) is 5.10 Å². The molecule has 1 saturated heterocycles. The minimum absolute atomic E-state index is 0. The van der Waals surface area contributed by atoms with E-state index in [-0.39, 0.29) is 18.3 Å². The number of aryl methyl sites for hydroxylation is 1. The van der Waals surface area contributed by atoms with Crippen LogP contribution in [0.25, 0.3) is 0 Å². The summed E-state index contributed by atoms with van der Waals surface area (Å²) in [5.74, 6) is 0.516. The van der Waals surface area contributed by atoms with Crippen molar-refractivity contribution in [2.24, 2.45) is 0 Å². The molecule has 2 aromatic rings. The first-order valence-corrected chi connectivity index (χ1v) is 7.64. The number of piperidine rings is 1. The summed E-state index contributed by atoms with van der Waals surface area (Å²) < 4.78 is 1.87. The summed E-state index contributed by atoms with van der Waals surface area (Å²) in [5.41, 5.74) is 0.987. The molecule has 1 fully saturated rings. The second-order valence-electron chi connectivity index (χ2n) is 5.38. The summed E-state index contributed by atoms with van der Waals surface area (Å²) >= 11 is 0. The lowest BCUT2D eigenvalue weighted by Gasteiger charge is -2.22. The van der Waals surface area contributed by atoms with E-state index in [2.05, 4.69) is 25.7 Å². The molecule has 0 radical (unpaired) electrons. The van der Waals surface area contributed by atoms with Gasteiger partial charge in [0.05, 0.1) is 24.1 Å². The van der Waals surface area contributed by atoms with Crippen molar-refractivity contribution in [1.82, 2.24) is 25.1 Å². The first-order chi connectivity index (χ1) is 10.8. The molecule has 23 heavy (non-hydrogen) atoms. The Morgan fingerprint density at radius 2 is 2.22 bits per heavy atom. The van der Waals surface area contributed by atoms with Crippen LogP contribution in [0.2, 0.25) is 0 Å². The molecule has 0 spiro atoms. The third kappa shape index (κ3) is 4.27. The summed E-state index contributed by atoms with van der Waals surface area (Å²) in [6.07, 6.45) is 8.09. The lowest BCUT2D eigenvalue weighted by atomic mass is 10.1. The highest BCUT2D eigenvalue weighted by molar-refractivity contribution is 6.02. The maximum atomic E-state index is 12.2. The molecular weight excluding hydrogens is 316 g/mol. The predicted molar refractivity (Wildman–Crippen MR) is 90.0 cm³/mol. The number of carbonyl (C=O) groups is 1. The van der Waals surface area contributed by atoms with E-state index in [0.717, 1.165) is 38.2 Å². The molecule has 1 aliphatic heterocycles. The molecule has 8 heteroatoms. The van der Waals surface area contributed by atoms with Gasteiger partial charge in [0.25, 0.3) is 5.91 Å². The first kappa shape index (κ1) is 17.4. The fraction of sp³-hybridized carbons (Fsp3) is 0.467. The molecule has 124 valence electrons. The van der Waals surface area contributed by atoms with E-state index >= 15 is 0 Å². The molecule has 1 amide bonds. The number of halogens is 1. The highest BCUT2D eigenvalue weighted by Crippen LogP contribution is 2.16. The summed E-state index contributed by atoms with van der Waals surface area (Å²) in [6, 6.07) is 2.06. The van der Waals surface area contributed by atoms with Crippen LogP contribution in [-0.2, 0) is 6.42 Å². The highest BCUT2D eigenvalue weighted by Gasteiger charge is 2.17. The Bertz CT molecular complexity index is 636. The molecule has 0 saturated carbocycles. The molecule has 3 heterocycles. The van der Waals surface area contributed by atoms with Gasteiger partial charge in [0.15, 0.2) is 5.69 Å². The van der Waals surface area contributed by atoms with Gasteiger partial charge in [0.1, 0.15) is 5.82 Å². The Labute approximate surface area is 141 Å². The van der Waals surface area contributed by atoms with Crippen LogP contribution in [0, 0.1) is 0 Å². The number of nitrogens with zero attached hydrogens (tertiary/aromatic N) is 4. The summed E-state index contributed by atoms with van der Waals surface area (Å²) in [4.78, 5) is 20.5. The van der Waals surface area contributed by atoms with Crippen molar-refractivity contribution in [3.63, 3.8) is 0 Å². The fourth-order valence-corrected chi connectivity index (χ4v) is 2.52. The van der Waals surface area contributed by atoms with E-state index in [1.54, 1.807) is 18.5 Å². The van der Waals surface area contributed by atoms with E-state index in [4.69, 9.17) is 0 Å². The second-order valence-corrected chi connectivity index (χ2v) is 5.38. The van der Waals surface area contributed by atoms with Gasteiger partial charge >= 0.3 is 0 Å². The Balaban J connectivity index is 0.00000192. The lowest BCUT2D eigenvalue weighted by Crippen LogP contribution is -2.32. The number of carbonyl (C=O) groups excluding carboxylic acids is 1. The number of rotatable bonds is 4. The average molecular weight is 337 g/mol. The quantitative estimate of drug-likeness (QED) is 0.889. The van der Waals surface area contributed by atoms with Crippen molar-refractivity contribution >= 4 is 24.0 Å². The van der Waals surface area contributed by atoms with Gasteiger partial charge in [-0.05, 0) is 25.5 Å². The zero-order valence-corrected chi connectivity index (χ0v) is 13.8. The van der Waals surface area contributed by atoms with Crippen LogP contribution < -0.4 is 10.6 Å². The van der Waals surface area contributed by atoms with Crippen molar-refractivity contribution in [1.29, 1.82) is 0 Å². The highest BCUT2D eigenvalue weighted by atomic mass is 35.5. The van der Waals surface area contributed by atoms with Crippen molar-refractivity contribution in [2.45, 2.75) is 32.2 Å². The Kier molecular flexibility index (Phi) is 6.06. The molecule has 0 bridgehead atoms. The molecule has 1 aliphatic rings. The SMILES string of the molecule is CCc1ncc(NC(=O)c2ccn(C3CCCNC3)n2)cn1.Cl. The Hall–Kier alpha value is -1.99. The fourth-order valence-electron chi connectivity index (χ4n) is 2.52. The van der Waals surface area contributed by atoms with Crippen molar-refractivity contribution in [2.75, 3.05) is 18.4 Å². The van der Waals surface area contributed by atoms with Crippen LogP contribution in [0.15, 0.2) is 24.7 Å². The second kappa shape index (κ2) is 8.03. The van der Waals surface area contributed by atoms with Crippen molar-refractivity contribution < 1.29 is 4.79 Å². The van der Waals surface area contributed by atoms with E-state index in [0.29, 0.717) is 17.4 Å². The molecule has 1 unspecified atom stereocenters. The van der Waals surface area contributed by atoms with Gasteiger partial charge in [-0.25, -0.2) is 9.97 Å². The molecule has 1 atom stereocenters. The van der Waals surface area contributed by atoms with Gasteiger partial charge in [0.2, 0.25) is 0 Å². The van der Waals surface area contributed by atoms with Crippen LogP contribution in [-0.4, -0.2) is 38.7 Å². The summed E-state index contributed by atoms with van der Waals surface area (Å²) in [7, 11) is 0. The van der Waals surface area contributed by atoms with Crippen LogP contribution >= 0.6 is 12.4 Å². The van der Waals surface area contributed by atoms with Crippen LogP contribution in [0.4, 0.5) is 5.69 Å². The minimum Gasteiger partial charge on any atom is -0.318 e. The van der Waals surface area contributed by atoms with Gasteiger partial charge in [-0.1, -0.05) is 6.92 Å². The number of nitrogens with one attached hydrogen (secondary N) is 2. The van der Waals surface area contributed by atoms with E-state index in [1.165, 1.54) is 0 Å². The van der Waals surface area contributed by atoms with Crippen molar-refractivity contribution in [3.05, 3.63) is 36.2 Å². The third-order valence-electron chi connectivity index (χ3n) is 3.77. The first-order valence-electron chi connectivity index (χ1n) is 7.64. The Morgan fingerprint density at radius 1 is 1.43 bits per heavy atom. The van der Waals surface area contributed by atoms with Crippen molar-refractivity contribution in [3.8, 4) is 0 Å². The standard InChI is InChI=1S/C15H20N6O.ClH/c1-2-14-17-8-11(9-18-14)19-15(22)13-5-7-21(20-13)12-4-3-6-16-10-12;/h5,7-9,12,16H,2-4,6,10H2,1H3,(H,19,22);1H. The van der Waals surface area contributed by atoms with E-state index < -0.39 is 0 Å². The van der Waals surface area contributed by atoms with Gasteiger partial charge < -0.3 is 10.6 Å². The zero-order chi connectivity index (χ0) is 15.4. The van der Waals surface area contributed by atoms with Gasteiger partial charge in [-0.3, -0.25) is 9.48 Å². The normalized spacial score (nSPS) is 17.3. The summed E-state index contributed by atoms with van der Waals surface area (Å²) in [6.45, 7) is 3.94. The van der Waals surface area contributed by atoms with Crippen LogP contribution in [0.1, 0.15) is 42.1 Å². The largest absolute Gasteiger partial charge is 0.318 e. The average Bonchev–Trinajstić information content (AvgIpc) is 3.06. The number of amides is 1. The smallest absolute Gasteiger partial charge is 0.276 e. The number of hydrogen-bond acceptors (Lipinski definition) is 5. The molecule has 3 rings (SSSR count). The molecule has 2 aromatic heterocycles. The predicted octanol–water partition coefficient (Wildman–Crippen LogP) is 1.83. The van der Waals surface area contributed by atoms with Gasteiger partial charge in [0, 0.05) is 19.2 Å². The maximum absolute atomic E-state index is 12.2. The van der Waals surface area contributed by atoms with Crippen LogP contribution in [0.5, 0.6) is 0 Å². The number of hydrogen-bond donors (Lipinski definition) is 2. The van der Waals surface area contributed by atoms with E-state index in [9.17, 15) is 4.79 Å². The monoisotopic (exact) mass is 336 g/mol. The molecular formula is C15H21ClN6O. The number of anilines is 1. The minimum atomic E-state index is -0.240. The third-order valence-corrected chi connectivity index (χ3v) is 3.77. The number of aromatic nitrogens is 4. The molecule has 0 aromatic carbocycles. The summed E-state index contributed by atoms with van der Waals surface area (Å²) in [5, 5.41) is 10.5. The maximum Gasteiger partial charge on any atom is 0.276 e. The zero-order valence-electron chi connectivity index (χ0n) is 13.0. The Morgan fingerprint density at radius 3 is 2.87 bits per heavy atom. The topological polar surface area (TPSA) is 84.7 Å². The molecule has 0 aliphatic carbocycles. The van der Waals surface area contributed by atoms with Gasteiger partial charge in [-0.15, -0.1) is 12.4 Å². The molecule has 7 nitrogen and oxygen atoms in total. The molecule has 2 N–H and O–H groups in total. The lowest BCUT2D eigenvalue weighted by molar-refractivity contribution is 0.102.